The lowest BCUT2D eigenvalue weighted by Gasteiger charge is -2.12. The number of para-hydroxylation sites is 1. The smallest absolute Gasteiger partial charge is 0.375 e. The summed E-state index contributed by atoms with van der Waals surface area (Å²) < 4.78 is 6.13. The maximum Gasteiger partial charge on any atom is 0.375 e. The van der Waals surface area contributed by atoms with Gasteiger partial charge >= 0.3 is 11.9 Å². The second-order valence-corrected chi connectivity index (χ2v) is 5.17. The van der Waals surface area contributed by atoms with Crippen LogP contribution >= 0.6 is 0 Å². The van der Waals surface area contributed by atoms with E-state index in [9.17, 15) is 14.4 Å². The number of ether oxygens (including phenoxy) is 1. The molecule has 0 atom stereocenters. The van der Waals surface area contributed by atoms with E-state index in [2.05, 4.69) is 4.98 Å². The Labute approximate surface area is 142 Å². The van der Waals surface area contributed by atoms with Crippen molar-refractivity contribution in [2.75, 3.05) is 6.61 Å². The van der Waals surface area contributed by atoms with Crippen LogP contribution < -0.4 is 5.56 Å². The van der Waals surface area contributed by atoms with Crippen molar-refractivity contribution in [3.8, 4) is 5.69 Å². The quantitative estimate of drug-likeness (QED) is 0.733. The van der Waals surface area contributed by atoms with Crippen molar-refractivity contribution in [1.29, 1.82) is 0 Å². The van der Waals surface area contributed by atoms with Gasteiger partial charge in [0.05, 0.1) is 28.8 Å². The highest BCUT2D eigenvalue weighted by Crippen LogP contribution is 2.15. The molecule has 0 fully saturated rings. The van der Waals surface area contributed by atoms with Gasteiger partial charge in [0.1, 0.15) is 0 Å². The average molecular weight is 338 g/mol. The molecule has 0 saturated carbocycles. The number of carbonyl (C=O) groups is 2. The monoisotopic (exact) mass is 338 g/mol. The van der Waals surface area contributed by atoms with Gasteiger partial charge in [0.25, 0.3) is 5.56 Å². The minimum absolute atomic E-state index is 0.0724. The van der Waals surface area contributed by atoms with Crippen molar-refractivity contribution in [3.05, 3.63) is 70.3 Å². The average Bonchev–Trinajstić information content (AvgIpc) is 2.62. The molecule has 1 aromatic heterocycles. The van der Waals surface area contributed by atoms with Gasteiger partial charge in [0.2, 0.25) is 5.82 Å². The molecule has 3 aromatic rings. The summed E-state index contributed by atoms with van der Waals surface area (Å²) in [6.45, 7) is 1.79. The largest absolute Gasteiger partial charge is 0.478 e. The molecular formula is C18H14N2O5. The number of carbonyl (C=O) groups excluding carboxylic acids is 1. The first kappa shape index (κ1) is 16.4. The Morgan fingerprint density at radius 2 is 1.80 bits per heavy atom. The van der Waals surface area contributed by atoms with Crippen molar-refractivity contribution in [1.82, 2.24) is 9.55 Å². The topological polar surface area (TPSA) is 98.5 Å². The zero-order chi connectivity index (χ0) is 18.0. The van der Waals surface area contributed by atoms with Crippen LogP contribution in [0, 0.1) is 0 Å². The molecule has 0 unspecified atom stereocenters. The van der Waals surface area contributed by atoms with Gasteiger partial charge in [-0.2, -0.15) is 0 Å². The molecule has 1 heterocycles. The van der Waals surface area contributed by atoms with Crippen LogP contribution in [0.5, 0.6) is 0 Å². The number of carboxylic acid groups (broad SMARTS) is 1. The summed E-state index contributed by atoms with van der Waals surface area (Å²) in [5, 5.41) is 9.35. The highest BCUT2D eigenvalue weighted by Gasteiger charge is 2.20. The lowest BCUT2D eigenvalue weighted by molar-refractivity contribution is 0.0507. The standard InChI is InChI=1S/C18H14N2O5/c1-2-25-18(24)15-19-14-6-4-3-5-13(14)16(21)20(15)12-9-7-11(8-10-12)17(22)23/h3-10H,2H2,1H3,(H,22,23). The molecule has 7 nitrogen and oxygen atoms in total. The summed E-state index contributed by atoms with van der Waals surface area (Å²) in [5.74, 6) is -1.97. The van der Waals surface area contributed by atoms with E-state index in [-0.39, 0.29) is 18.0 Å². The number of fused-ring (bicyclic) bond motifs is 1. The number of carboxylic acids is 1. The Morgan fingerprint density at radius 3 is 2.44 bits per heavy atom. The summed E-state index contributed by atoms with van der Waals surface area (Å²) in [6, 6.07) is 12.3. The lowest BCUT2D eigenvalue weighted by Crippen LogP contribution is -2.27. The van der Waals surface area contributed by atoms with E-state index in [4.69, 9.17) is 9.84 Å². The van der Waals surface area contributed by atoms with Crippen LogP contribution in [-0.4, -0.2) is 33.2 Å². The molecule has 0 aliphatic rings. The highest BCUT2D eigenvalue weighted by molar-refractivity contribution is 5.90. The molecule has 0 aliphatic carbocycles. The third-order valence-corrected chi connectivity index (χ3v) is 3.61. The molecule has 0 saturated heterocycles. The Hall–Kier alpha value is -3.48. The van der Waals surface area contributed by atoms with Crippen LogP contribution in [0.2, 0.25) is 0 Å². The van der Waals surface area contributed by atoms with E-state index in [1.807, 2.05) is 0 Å². The maximum atomic E-state index is 12.9. The first-order valence-corrected chi connectivity index (χ1v) is 7.55. The zero-order valence-electron chi connectivity index (χ0n) is 13.3. The van der Waals surface area contributed by atoms with Crippen LogP contribution in [0.15, 0.2) is 53.3 Å². The molecule has 0 radical (unpaired) electrons. The fourth-order valence-electron chi connectivity index (χ4n) is 2.46. The minimum atomic E-state index is -1.08. The Balaban J connectivity index is 2.29. The number of esters is 1. The first-order valence-electron chi connectivity index (χ1n) is 7.55. The number of hydrogen-bond acceptors (Lipinski definition) is 5. The van der Waals surface area contributed by atoms with Gasteiger partial charge in [-0.1, -0.05) is 12.1 Å². The third kappa shape index (κ3) is 2.99. The number of rotatable bonds is 4. The fourth-order valence-corrected chi connectivity index (χ4v) is 2.46. The number of aromatic carboxylic acids is 1. The van der Waals surface area contributed by atoms with E-state index in [1.165, 1.54) is 24.3 Å². The summed E-state index contributed by atoms with van der Waals surface area (Å²) in [6.07, 6.45) is 0. The number of benzene rings is 2. The summed E-state index contributed by atoms with van der Waals surface area (Å²) in [5.41, 5.74) is 0.352. The van der Waals surface area contributed by atoms with E-state index >= 15 is 0 Å². The molecule has 0 bridgehead atoms. The van der Waals surface area contributed by atoms with Crippen molar-refractivity contribution >= 4 is 22.8 Å². The van der Waals surface area contributed by atoms with Crippen molar-refractivity contribution in [2.45, 2.75) is 6.92 Å². The number of aromatic nitrogens is 2. The van der Waals surface area contributed by atoms with Crippen LogP contribution in [0.25, 0.3) is 16.6 Å². The molecule has 0 amide bonds. The van der Waals surface area contributed by atoms with Crippen LogP contribution in [0.4, 0.5) is 0 Å². The summed E-state index contributed by atoms with van der Waals surface area (Å²) in [7, 11) is 0. The Morgan fingerprint density at radius 1 is 1.12 bits per heavy atom. The van der Waals surface area contributed by atoms with Crippen molar-refractivity contribution in [2.24, 2.45) is 0 Å². The minimum Gasteiger partial charge on any atom is -0.478 e. The molecule has 1 N–H and O–H groups in total. The third-order valence-electron chi connectivity index (χ3n) is 3.61. The van der Waals surface area contributed by atoms with Crippen molar-refractivity contribution < 1.29 is 19.4 Å². The maximum absolute atomic E-state index is 12.9. The molecule has 0 aliphatic heterocycles. The fraction of sp³-hybridized carbons (Fsp3) is 0.111. The molecule has 7 heteroatoms. The zero-order valence-corrected chi connectivity index (χ0v) is 13.3. The van der Waals surface area contributed by atoms with Gasteiger partial charge in [-0.25, -0.2) is 14.6 Å². The molecule has 25 heavy (non-hydrogen) atoms. The SMILES string of the molecule is CCOC(=O)c1nc2ccccc2c(=O)n1-c1ccc(C(=O)O)cc1. The molecule has 3 rings (SSSR count). The van der Waals surface area contributed by atoms with Gasteiger partial charge < -0.3 is 9.84 Å². The van der Waals surface area contributed by atoms with Gasteiger partial charge in [-0.05, 0) is 43.3 Å². The number of nitrogens with zero attached hydrogens (tertiary/aromatic N) is 2. The first-order chi connectivity index (χ1) is 12.0. The van der Waals surface area contributed by atoms with Crippen LogP contribution in [0.1, 0.15) is 27.9 Å². The normalized spacial score (nSPS) is 10.6. The van der Waals surface area contributed by atoms with E-state index in [0.717, 1.165) is 4.57 Å². The molecule has 2 aromatic carbocycles. The summed E-state index contributed by atoms with van der Waals surface area (Å²) >= 11 is 0. The van der Waals surface area contributed by atoms with Crippen LogP contribution in [-0.2, 0) is 4.74 Å². The predicted octanol–water partition coefficient (Wildman–Crippen LogP) is 2.26. The van der Waals surface area contributed by atoms with E-state index < -0.39 is 17.5 Å². The van der Waals surface area contributed by atoms with Gasteiger partial charge in [0.15, 0.2) is 0 Å². The van der Waals surface area contributed by atoms with Crippen LogP contribution in [0.3, 0.4) is 0 Å². The second-order valence-electron chi connectivity index (χ2n) is 5.17. The van der Waals surface area contributed by atoms with Crippen molar-refractivity contribution in [3.63, 3.8) is 0 Å². The summed E-state index contributed by atoms with van der Waals surface area (Å²) in [4.78, 5) is 40.4. The van der Waals surface area contributed by atoms with E-state index in [0.29, 0.717) is 16.6 Å². The van der Waals surface area contributed by atoms with Gasteiger partial charge in [-0.15, -0.1) is 0 Å². The second kappa shape index (κ2) is 6.56. The predicted molar refractivity (Wildman–Crippen MR) is 90.3 cm³/mol. The van der Waals surface area contributed by atoms with E-state index in [1.54, 1.807) is 31.2 Å². The van der Waals surface area contributed by atoms with Gasteiger partial charge in [-0.3, -0.25) is 9.36 Å². The molecular weight excluding hydrogens is 324 g/mol. The molecule has 126 valence electrons. The molecule has 0 spiro atoms. The Bertz CT molecular complexity index is 1020. The lowest BCUT2D eigenvalue weighted by atomic mass is 10.2. The highest BCUT2D eigenvalue weighted by atomic mass is 16.5. The van der Waals surface area contributed by atoms with Gasteiger partial charge in [0, 0.05) is 0 Å². The number of hydrogen-bond donors (Lipinski definition) is 1. The Kier molecular flexibility index (Phi) is 4.30.